The minimum Gasteiger partial charge on any atom is -0.497 e. The quantitative estimate of drug-likeness (QED) is 0.322. The smallest absolute Gasteiger partial charge is 0.311 e. The minimum atomic E-state index is -0.539. The molecule has 0 atom stereocenters. The Balaban J connectivity index is 1.97. The molecule has 1 heterocycles. The standard InChI is InChI=1S/C20H17N3O6/c1-28-16-9-3-13(4-10-16)11-17-18(12-19(24)29-2)21-22(20(17)25)14-5-7-15(8-6-14)23(26)27/h3-11H,12H2,1-2H3/b17-11+. The number of ether oxygens (including phenoxy) is 2. The highest BCUT2D eigenvalue weighted by Gasteiger charge is 2.32. The van der Waals surface area contributed by atoms with Crippen LogP contribution in [0.1, 0.15) is 12.0 Å². The molecule has 9 heteroatoms. The van der Waals surface area contributed by atoms with Crippen LogP contribution in [0.15, 0.2) is 59.2 Å². The molecule has 0 saturated carbocycles. The van der Waals surface area contributed by atoms with Crippen molar-refractivity contribution in [1.29, 1.82) is 0 Å². The van der Waals surface area contributed by atoms with E-state index in [1.54, 1.807) is 37.5 Å². The third-order valence-electron chi connectivity index (χ3n) is 4.23. The summed E-state index contributed by atoms with van der Waals surface area (Å²) in [5, 5.41) is 16.2. The van der Waals surface area contributed by atoms with E-state index in [0.717, 1.165) is 10.6 Å². The number of nitro groups is 1. The summed E-state index contributed by atoms with van der Waals surface area (Å²) in [6.45, 7) is 0. The molecule has 0 aliphatic carbocycles. The second kappa shape index (κ2) is 8.34. The molecule has 0 aromatic heterocycles. The van der Waals surface area contributed by atoms with Crippen LogP contribution in [0.2, 0.25) is 0 Å². The fourth-order valence-electron chi connectivity index (χ4n) is 2.70. The normalized spacial score (nSPS) is 14.7. The zero-order valence-corrected chi connectivity index (χ0v) is 15.7. The van der Waals surface area contributed by atoms with Crippen molar-refractivity contribution in [3.05, 3.63) is 69.8 Å². The number of anilines is 1. The predicted molar refractivity (Wildman–Crippen MR) is 106 cm³/mol. The topological polar surface area (TPSA) is 111 Å². The predicted octanol–water partition coefficient (Wildman–Crippen LogP) is 2.95. The summed E-state index contributed by atoms with van der Waals surface area (Å²) in [5.74, 6) is -0.322. The Kier molecular flexibility index (Phi) is 5.68. The van der Waals surface area contributed by atoms with Crippen LogP contribution in [0, 0.1) is 10.1 Å². The second-order valence-corrected chi connectivity index (χ2v) is 6.02. The first-order chi connectivity index (χ1) is 13.9. The second-order valence-electron chi connectivity index (χ2n) is 6.02. The lowest BCUT2D eigenvalue weighted by Crippen LogP contribution is -2.21. The lowest BCUT2D eigenvalue weighted by atomic mass is 10.0. The highest BCUT2D eigenvalue weighted by molar-refractivity contribution is 6.34. The van der Waals surface area contributed by atoms with Crippen LogP contribution in [0.5, 0.6) is 5.75 Å². The monoisotopic (exact) mass is 395 g/mol. The fraction of sp³-hybridized carbons (Fsp3) is 0.150. The highest BCUT2D eigenvalue weighted by atomic mass is 16.6. The van der Waals surface area contributed by atoms with Crippen molar-refractivity contribution < 1.29 is 24.0 Å². The first kappa shape index (κ1) is 19.7. The van der Waals surface area contributed by atoms with Gasteiger partial charge in [0.15, 0.2) is 0 Å². The van der Waals surface area contributed by atoms with Gasteiger partial charge in [0, 0.05) is 12.1 Å². The summed E-state index contributed by atoms with van der Waals surface area (Å²) in [7, 11) is 2.80. The van der Waals surface area contributed by atoms with Crippen LogP contribution in [-0.4, -0.2) is 36.7 Å². The van der Waals surface area contributed by atoms with E-state index in [2.05, 4.69) is 5.10 Å². The molecule has 1 aliphatic heterocycles. The molecule has 2 aromatic carbocycles. The van der Waals surface area contributed by atoms with E-state index in [-0.39, 0.29) is 23.4 Å². The van der Waals surface area contributed by atoms with Crippen molar-refractivity contribution >= 4 is 35.0 Å². The lowest BCUT2D eigenvalue weighted by Gasteiger charge is -2.11. The summed E-state index contributed by atoms with van der Waals surface area (Å²) in [6, 6.07) is 12.4. The number of benzene rings is 2. The molecule has 0 radical (unpaired) electrons. The zero-order chi connectivity index (χ0) is 21.0. The van der Waals surface area contributed by atoms with Gasteiger partial charge in [-0.1, -0.05) is 12.1 Å². The highest BCUT2D eigenvalue weighted by Crippen LogP contribution is 2.28. The largest absolute Gasteiger partial charge is 0.497 e. The summed E-state index contributed by atoms with van der Waals surface area (Å²) in [4.78, 5) is 35.0. The maximum absolute atomic E-state index is 13.0. The average Bonchev–Trinajstić information content (AvgIpc) is 3.03. The van der Waals surface area contributed by atoms with Crippen molar-refractivity contribution in [2.75, 3.05) is 19.2 Å². The fourth-order valence-corrected chi connectivity index (χ4v) is 2.70. The molecule has 2 aromatic rings. The Bertz CT molecular complexity index is 1010. The van der Waals surface area contributed by atoms with Gasteiger partial charge >= 0.3 is 5.97 Å². The molecule has 0 saturated heterocycles. The van der Waals surface area contributed by atoms with Crippen LogP contribution in [0.25, 0.3) is 6.08 Å². The number of hydrogen-bond donors (Lipinski definition) is 0. The molecule has 0 bridgehead atoms. The number of amides is 1. The van der Waals surface area contributed by atoms with E-state index in [4.69, 9.17) is 9.47 Å². The van der Waals surface area contributed by atoms with E-state index >= 15 is 0 Å². The Hall–Kier alpha value is -4.01. The van der Waals surface area contributed by atoms with Gasteiger partial charge in [-0.15, -0.1) is 0 Å². The number of nitrogens with zero attached hydrogens (tertiary/aromatic N) is 3. The number of methoxy groups -OCH3 is 2. The molecular weight excluding hydrogens is 378 g/mol. The van der Waals surface area contributed by atoms with Gasteiger partial charge in [0.2, 0.25) is 0 Å². The molecule has 148 valence electrons. The Labute approximate surface area is 166 Å². The SMILES string of the molecule is COC(=O)CC1=NN(c2ccc([N+](=O)[O-])cc2)C(=O)/C1=C/c1ccc(OC)cc1. The number of hydrogen-bond acceptors (Lipinski definition) is 7. The zero-order valence-electron chi connectivity index (χ0n) is 15.7. The van der Waals surface area contributed by atoms with Crippen molar-refractivity contribution in [3.63, 3.8) is 0 Å². The number of esters is 1. The van der Waals surface area contributed by atoms with Crippen molar-refractivity contribution in [1.82, 2.24) is 0 Å². The maximum Gasteiger partial charge on any atom is 0.311 e. The molecule has 1 aliphatic rings. The van der Waals surface area contributed by atoms with Crippen LogP contribution in [0.3, 0.4) is 0 Å². The number of carbonyl (C=O) groups excluding carboxylic acids is 2. The van der Waals surface area contributed by atoms with Crippen molar-refractivity contribution in [2.45, 2.75) is 6.42 Å². The number of non-ortho nitro benzene ring substituents is 1. The molecule has 0 fully saturated rings. The lowest BCUT2D eigenvalue weighted by molar-refractivity contribution is -0.384. The number of rotatable bonds is 6. The number of carbonyl (C=O) groups is 2. The summed E-state index contributed by atoms with van der Waals surface area (Å²) in [5.41, 5.74) is 1.45. The van der Waals surface area contributed by atoms with Crippen molar-refractivity contribution in [2.24, 2.45) is 5.10 Å². The number of hydrazone groups is 1. The average molecular weight is 395 g/mol. The maximum atomic E-state index is 13.0. The van der Waals surface area contributed by atoms with E-state index < -0.39 is 16.8 Å². The molecule has 9 nitrogen and oxygen atoms in total. The molecule has 29 heavy (non-hydrogen) atoms. The van der Waals surface area contributed by atoms with Crippen LogP contribution in [-0.2, 0) is 14.3 Å². The molecule has 0 unspecified atom stereocenters. The summed E-state index contributed by atoms with van der Waals surface area (Å²) >= 11 is 0. The van der Waals surface area contributed by atoms with E-state index in [1.807, 2.05) is 0 Å². The molecule has 0 N–H and O–H groups in total. The Morgan fingerprint density at radius 2 is 1.79 bits per heavy atom. The van der Waals surface area contributed by atoms with Gasteiger partial charge in [0.1, 0.15) is 5.75 Å². The Morgan fingerprint density at radius 3 is 2.34 bits per heavy atom. The molecule has 3 rings (SSSR count). The molecule has 0 spiro atoms. The van der Waals surface area contributed by atoms with Gasteiger partial charge in [0.05, 0.1) is 42.5 Å². The molecular formula is C20H17N3O6. The third-order valence-corrected chi connectivity index (χ3v) is 4.23. The van der Waals surface area contributed by atoms with E-state index in [9.17, 15) is 19.7 Å². The Morgan fingerprint density at radius 1 is 1.14 bits per heavy atom. The van der Waals surface area contributed by atoms with Gasteiger partial charge in [-0.3, -0.25) is 19.7 Å². The van der Waals surface area contributed by atoms with Crippen LogP contribution >= 0.6 is 0 Å². The summed E-state index contributed by atoms with van der Waals surface area (Å²) < 4.78 is 9.81. The van der Waals surface area contributed by atoms with Gasteiger partial charge < -0.3 is 9.47 Å². The number of nitro benzene ring substituents is 1. The van der Waals surface area contributed by atoms with Crippen LogP contribution in [0.4, 0.5) is 11.4 Å². The first-order valence-electron chi connectivity index (χ1n) is 8.52. The van der Waals surface area contributed by atoms with Gasteiger partial charge in [-0.2, -0.15) is 10.1 Å². The first-order valence-corrected chi connectivity index (χ1v) is 8.52. The van der Waals surface area contributed by atoms with Gasteiger partial charge in [-0.05, 0) is 35.9 Å². The molecule has 1 amide bonds. The van der Waals surface area contributed by atoms with Gasteiger partial charge in [-0.25, -0.2) is 0 Å². The van der Waals surface area contributed by atoms with E-state index in [1.165, 1.54) is 31.4 Å². The minimum absolute atomic E-state index is 0.104. The summed E-state index contributed by atoms with van der Waals surface area (Å²) in [6.07, 6.45) is 1.43. The van der Waals surface area contributed by atoms with Crippen molar-refractivity contribution in [3.8, 4) is 5.75 Å². The van der Waals surface area contributed by atoms with Gasteiger partial charge in [0.25, 0.3) is 11.6 Å². The van der Waals surface area contributed by atoms with Crippen LogP contribution < -0.4 is 9.75 Å². The third kappa shape index (κ3) is 4.29. The van der Waals surface area contributed by atoms with E-state index in [0.29, 0.717) is 11.4 Å².